The topological polar surface area (TPSA) is 47.8 Å². The number of carbonyl (C=O) groups excluding carboxylic acids is 1. The number of hydrogen-bond acceptors (Lipinski definition) is 3. The van der Waals surface area contributed by atoms with Crippen molar-refractivity contribution in [2.45, 2.75) is 21.6 Å². The van der Waals surface area contributed by atoms with Gasteiger partial charge in [-0.2, -0.15) is 5.10 Å². The van der Waals surface area contributed by atoms with E-state index in [1.807, 2.05) is 0 Å². The largest absolute Gasteiger partial charge is 0.294 e. The average molecular weight is 335 g/mol. The van der Waals surface area contributed by atoms with Crippen LogP contribution in [-0.2, 0) is 4.79 Å². The highest BCUT2D eigenvalue weighted by atomic mass is 79.9. The first-order chi connectivity index (χ1) is 6.87. The molecule has 2 atom stereocenters. The number of rotatable bonds is 4. The number of carbonyl (C=O) groups is 1. The van der Waals surface area contributed by atoms with Crippen LogP contribution >= 0.6 is 50.7 Å². The first-order valence-electron chi connectivity index (χ1n) is 3.87. The lowest BCUT2D eigenvalue weighted by atomic mass is 10.1. The van der Waals surface area contributed by atoms with Crippen molar-refractivity contribution in [3.63, 3.8) is 0 Å². The van der Waals surface area contributed by atoms with Crippen LogP contribution in [0.4, 0.5) is 0 Å². The van der Waals surface area contributed by atoms with Crippen LogP contribution in [0.5, 0.6) is 0 Å². The van der Waals surface area contributed by atoms with Gasteiger partial charge >= 0.3 is 0 Å². The summed E-state index contributed by atoms with van der Waals surface area (Å²) in [6, 6.07) is 0. The van der Waals surface area contributed by atoms with Gasteiger partial charge in [0, 0.05) is 0 Å². The van der Waals surface area contributed by atoms with Crippen LogP contribution < -0.4 is 0 Å². The van der Waals surface area contributed by atoms with E-state index in [1.54, 1.807) is 6.92 Å². The van der Waals surface area contributed by atoms with Crippen LogP contribution in [0.25, 0.3) is 0 Å². The highest BCUT2D eigenvalue weighted by Gasteiger charge is 2.41. The van der Waals surface area contributed by atoms with Crippen LogP contribution in [0.1, 0.15) is 12.4 Å². The van der Waals surface area contributed by atoms with Crippen LogP contribution in [0.3, 0.4) is 0 Å². The third kappa shape index (κ3) is 2.84. The fourth-order valence-corrected chi connectivity index (χ4v) is 1.69. The van der Waals surface area contributed by atoms with Crippen molar-refractivity contribution in [2.24, 2.45) is 0 Å². The zero-order valence-corrected chi connectivity index (χ0v) is 11.4. The van der Waals surface area contributed by atoms with E-state index in [9.17, 15) is 4.79 Å². The smallest absolute Gasteiger partial charge is 0.191 e. The molecule has 0 spiro atoms. The molecule has 0 aliphatic carbocycles. The second-order valence-corrected chi connectivity index (χ2v) is 6.11. The molecular weight excluding hydrogens is 328 g/mol. The number of nitrogens with zero attached hydrogens (tertiary/aromatic N) is 3. The maximum Gasteiger partial charge on any atom is 0.191 e. The van der Waals surface area contributed by atoms with Gasteiger partial charge in [-0.25, -0.2) is 9.67 Å². The average Bonchev–Trinajstić information content (AvgIpc) is 2.67. The van der Waals surface area contributed by atoms with E-state index < -0.39 is 14.7 Å². The number of hydrogen-bond donors (Lipinski definition) is 0. The first-order valence-corrected chi connectivity index (χ1v) is 5.97. The molecule has 0 amide bonds. The van der Waals surface area contributed by atoms with Gasteiger partial charge in [-0.15, -0.1) is 23.2 Å². The van der Waals surface area contributed by atoms with Gasteiger partial charge in [-0.1, -0.05) is 27.5 Å². The van der Waals surface area contributed by atoms with Gasteiger partial charge in [-0.05, 0) is 6.92 Å². The predicted octanol–water partition coefficient (Wildman–Crippen LogP) is 2.54. The molecule has 84 valence electrons. The highest BCUT2D eigenvalue weighted by molar-refractivity contribution is 9.10. The lowest BCUT2D eigenvalue weighted by molar-refractivity contribution is -0.121. The molecule has 15 heavy (non-hydrogen) atoms. The van der Waals surface area contributed by atoms with Crippen molar-refractivity contribution < 1.29 is 4.79 Å². The summed E-state index contributed by atoms with van der Waals surface area (Å²) >= 11 is 20.4. The monoisotopic (exact) mass is 333 g/mol. The van der Waals surface area contributed by atoms with Crippen molar-refractivity contribution >= 4 is 56.5 Å². The Kier molecular flexibility index (Phi) is 4.40. The molecule has 0 fully saturated rings. The minimum absolute atomic E-state index is 0.385. The van der Waals surface area contributed by atoms with E-state index in [2.05, 4.69) is 26.0 Å². The summed E-state index contributed by atoms with van der Waals surface area (Å²) in [6.45, 7) is 1.55. The van der Waals surface area contributed by atoms with Crippen LogP contribution in [0.15, 0.2) is 12.7 Å². The standard InChI is InChI=1S/C7H7BrCl3N3O/c1-7(8,6(10)11)4(15)5(9)14-3-12-2-13-14/h2-3,5-6H,1H3. The van der Waals surface area contributed by atoms with Crippen LogP contribution in [-0.4, -0.2) is 29.7 Å². The minimum atomic E-state index is -1.12. The van der Waals surface area contributed by atoms with E-state index in [-0.39, 0.29) is 5.78 Å². The Labute approximate surface area is 110 Å². The lowest BCUT2D eigenvalue weighted by Gasteiger charge is -2.24. The predicted molar refractivity (Wildman–Crippen MR) is 62.7 cm³/mol. The summed E-state index contributed by atoms with van der Waals surface area (Å²) in [6.07, 6.45) is 2.63. The number of alkyl halides is 4. The van der Waals surface area contributed by atoms with Crippen molar-refractivity contribution in [3.05, 3.63) is 12.7 Å². The quantitative estimate of drug-likeness (QED) is 0.795. The Morgan fingerprint density at radius 1 is 1.53 bits per heavy atom. The summed E-state index contributed by atoms with van der Waals surface area (Å²) < 4.78 is 0.105. The lowest BCUT2D eigenvalue weighted by Crippen LogP contribution is -2.39. The number of ketones is 1. The van der Waals surface area contributed by atoms with Crippen LogP contribution in [0, 0.1) is 0 Å². The molecule has 0 aromatic carbocycles. The van der Waals surface area contributed by atoms with Crippen molar-refractivity contribution in [1.29, 1.82) is 0 Å². The summed E-state index contributed by atoms with van der Waals surface area (Å²) in [5.74, 6) is -0.385. The molecule has 0 saturated carbocycles. The molecule has 1 heterocycles. The van der Waals surface area contributed by atoms with Crippen LogP contribution in [0.2, 0.25) is 0 Å². The molecule has 0 N–H and O–H groups in total. The molecule has 0 aliphatic heterocycles. The van der Waals surface area contributed by atoms with Gasteiger partial charge in [-0.3, -0.25) is 4.79 Å². The fraction of sp³-hybridized carbons (Fsp3) is 0.571. The van der Waals surface area contributed by atoms with Gasteiger partial charge in [0.2, 0.25) is 0 Å². The molecule has 0 radical (unpaired) electrons. The maximum absolute atomic E-state index is 11.9. The molecular formula is C7H7BrCl3N3O. The molecule has 0 aliphatic rings. The van der Waals surface area contributed by atoms with E-state index in [0.29, 0.717) is 0 Å². The third-order valence-corrected chi connectivity index (χ3v) is 4.42. The molecule has 2 unspecified atom stereocenters. The number of aromatic nitrogens is 3. The molecule has 1 aromatic rings. The van der Waals surface area contributed by atoms with E-state index in [1.165, 1.54) is 17.3 Å². The Morgan fingerprint density at radius 2 is 2.13 bits per heavy atom. The molecule has 4 nitrogen and oxygen atoms in total. The summed E-state index contributed by atoms with van der Waals surface area (Å²) in [5, 5.41) is 3.76. The van der Waals surface area contributed by atoms with Gasteiger partial charge < -0.3 is 0 Å². The van der Waals surface area contributed by atoms with Crippen molar-refractivity contribution in [1.82, 2.24) is 14.8 Å². The number of Topliss-reactive ketones (excluding diaryl/α,β-unsaturated/α-hetero) is 1. The van der Waals surface area contributed by atoms with Gasteiger partial charge in [0.1, 0.15) is 21.8 Å². The van der Waals surface area contributed by atoms with E-state index in [4.69, 9.17) is 34.8 Å². The summed E-state index contributed by atoms with van der Waals surface area (Å²) in [4.78, 5) is 14.6. The summed E-state index contributed by atoms with van der Waals surface area (Å²) in [5.41, 5.74) is -0.989. The van der Waals surface area contributed by atoms with E-state index >= 15 is 0 Å². The van der Waals surface area contributed by atoms with E-state index in [0.717, 1.165) is 0 Å². The molecule has 1 aromatic heterocycles. The molecule has 0 bridgehead atoms. The molecule has 8 heteroatoms. The minimum Gasteiger partial charge on any atom is -0.294 e. The zero-order chi connectivity index (χ0) is 11.6. The second-order valence-electron chi connectivity index (χ2n) is 2.95. The van der Waals surface area contributed by atoms with Gasteiger partial charge in [0.15, 0.2) is 11.3 Å². The molecule has 1 rings (SSSR count). The second kappa shape index (κ2) is 4.99. The maximum atomic E-state index is 11.9. The highest BCUT2D eigenvalue weighted by Crippen LogP contribution is 2.34. The normalized spacial score (nSPS) is 17.5. The molecule has 0 saturated heterocycles. The van der Waals surface area contributed by atoms with Crippen molar-refractivity contribution in [3.8, 4) is 0 Å². The summed E-state index contributed by atoms with van der Waals surface area (Å²) in [7, 11) is 0. The van der Waals surface area contributed by atoms with Gasteiger partial charge in [0.05, 0.1) is 0 Å². The Balaban J connectivity index is 2.86. The SMILES string of the molecule is CC(Br)(C(=O)C(Cl)n1cncn1)C(Cl)Cl. The Morgan fingerprint density at radius 3 is 2.53 bits per heavy atom. The Bertz CT molecular complexity index is 341. The Hall–Kier alpha value is 0.160. The van der Waals surface area contributed by atoms with Gasteiger partial charge in [0.25, 0.3) is 0 Å². The zero-order valence-electron chi connectivity index (χ0n) is 7.57. The fourth-order valence-electron chi connectivity index (χ4n) is 0.795. The van der Waals surface area contributed by atoms with Crippen molar-refractivity contribution in [2.75, 3.05) is 0 Å². The third-order valence-electron chi connectivity index (χ3n) is 1.78. The first kappa shape index (κ1) is 13.2. The number of halogens is 4.